The molecule has 4 atom stereocenters. The largest absolute Gasteiger partial charge is 0.454 e. The van der Waals surface area contributed by atoms with Gasteiger partial charge >= 0.3 is 0 Å². The minimum absolute atomic E-state index is 0.105. The van der Waals surface area contributed by atoms with Crippen molar-refractivity contribution in [1.82, 2.24) is 10.2 Å². The molecule has 9 heteroatoms. The van der Waals surface area contributed by atoms with E-state index in [1.807, 2.05) is 66.0 Å². The van der Waals surface area contributed by atoms with Crippen LogP contribution in [0.15, 0.2) is 90.3 Å². The summed E-state index contributed by atoms with van der Waals surface area (Å²) in [5.74, 6) is -0.793. The average molecular weight is 587 g/mol. The second kappa shape index (κ2) is 11.4. The zero-order valence-corrected chi connectivity index (χ0v) is 23.7. The van der Waals surface area contributed by atoms with Crippen molar-refractivity contribution in [3.05, 3.63) is 117 Å². The van der Waals surface area contributed by atoms with Crippen molar-refractivity contribution in [3.63, 3.8) is 0 Å². The van der Waals surface area contributed by atoms with Crippen LogP contribution in [0, 0.1) is 5.92 Å². The standard InChI is InChI=1S/C32H27ClN2O5S/c1-19(36)35-29(22-6-3-2-4-7-22)28(31(37)26-8-5-15-41-26)27(21-10-12-23(33)13-11-21)30(35)32(38)34-17-20-9-14-24-25(16-20)40-18-39-24/h2-16,27-30H,17-18H2,1H3,(H,34,38). The van der Waals surface area contributed by atoms with Crippen LogP contribution >= 0.6 is 22.9 Å². The molecule has 41 heavy (non-hydrogen) atoms. The molecule has 0 radical (unpaired) electrons. The number of benzene rings is 3. The molecule has 0 aliphatic carbocycles. The summed E-state index contributed by atoms with van der Waals surface area (Å²) in [5, 5.41) is 5.43. The fourth-order valence-electron chi connectivity index (χ4n) is 5.92. The Morgan fingerprint density at radius 3 is 2.39 bits per heavy atom. The Morgan fingerprint density at radius 2 is 1.68 bits per heavy atom. The maximum absolute atomic E-state index is 14.3. The first-order valence-electron chi connectivity index (χ1n) is 13.3. The van der Waals surface area contributed by atoms with Gasteiger partial charge in [-0.25, -0.2) is 0 Å². The molecule has 7 nitrogen and oxygen atoms in total. The van der Waals surface area contributed by atoms with Crippen LogP contribution in [0.1, 0.15) is 45.2 Å². The van der Waals surface area contributed by atoms with Crippen LogP contribution in [0.4, 0.5) is 0 Å². The molecule has 1 N–H and O–H groups in total. The van der Waals surface area contributed by atoms with Crippen LogP contribution in [0.25, 0.3) is 0 Å². The second-order valence-corrected chi connectivity index (χ2v) is 11.5. The Bertz CT molecular complexity index is 1580. The molecule has 208 valence electrons. The monoisotopic (exact) mass is 586 g/mol. The van der Waals surface area contributed by atoms with Crippen LogP contribution in [0.5, 0.6) is 11.5 Å². The lowest BCUT2D eigenvalue weighted by Gasteiger charge is -2.30. The van der Waals surface area contributed by atoms with Crippen molar-refractivity contribution in [2.24, 2.45) is 5.92 Å². The number of ketones is 1. The lowest BCUT2D eigenvalue weighted by molar-refractivity contribution is -0.139. The van der Waals surface area contributed by atoms with E-state index >= 15 is 0 Å². The van der Waals surface area contributed by atoms with Gasteiger partial charge in [0.15, 0.2) is 17.3 Å². The normalized spacial score (nSPS) is 21.1. The maximum atomic E-state index is 14.3. The van der Waals surface area contributed by atoms with E-state index in [0.717, 1.165) is 16.7 Å². The summed E-state index contributed by atoms with van der Waals surface area (Å²) in [6.45, 7) is 1.82. The minimum Gasteiger partial charge on any atom is -0.454 e. The highest BCUT2D eigenvalue weighted by molar-refractivity contribution is 7.12. The molecular formula is C32H27ClN2O5S. The number of carbonyl (C=O) groups excluding carboxylic acids is 3. The molecule has 0 bridgehead atoms. The van der Waals surface area contributed by atoms with Crippen LogP contribution in [-0.2, 0) is 16.1 Å². The maximum Gasteiger partial charge on any atom is 0.243 e. The third-order valence-electron chi connectivity index (χ3n) is 7.67. The Morgan fingerprint density at radius 1 is 0.927 bits per heavy atom. The number of hydrogen-bond donors (Lipinski definition) is 1. The van der Waals surface area contributed by atoms with Gasteiger partial charge in [0, 0.05) is 24.4 Å². The SMILES string of the molecule is CC(=O)N1C(C(=O)NCc2ccc3c(c2)OCO3)C(c2ccc(Cl)cc2)C(C(=O)c2cccs2)C1c1ccccc1. The number of halogens is 1. The zero-order valence-electron chi connectivity index (χ0n) is 22.2. The van der Waals surface area contributed by atoms with Crippen molar-refractivity contribution in [3.8, 4) is 11.5 Å². The number of Topliss-reactive ketones (excluding diaryl/α,β-unsaturated/α-hetero) is 1. The Hall–Kier alpha value is -4.14. The second-order valence-electron chi connectivity index (χ2n) is 10.1. The number of nitrogens with one attached hydrogen (secondary N) is 1. The number of fused-ring (bicyclic) bond motifs is 1. The fourth-order valence-corrected chi connectivity index (χ4v) is 6.76. The number of nitrogens with zero attached hydrogens (tertiary/aromatic N) is 1. The van der Waals surface area contributed by atoms with E-state index in [9.17, 15) is 14.4 Å². The summed E-state index contributed by atoms with van der Waals surface area (Å²) in [6.07, 6.45) is 0. The topological polar surface area (TPSA) is 84.9 Å². The molecule has 2 aliphatic heterocycles. The zero-order chi connectivity index (χ0) is 28.5. The first-order valence-corrected chi connectivity index (χ1v) is 14.5. The van der Waals surface area contributed by atoms with Gasteiger partial charge in [0.25, 0.3) is 0 Å². The summed E-state index contributed by atoms with van der Waals surface area (Å²) in [6, 6.07) is 24.2. The summed E-state index contributed by atoms with van der Waals surface area (Å²) in [7, 11) is 0. The van der Waals surface area contributed by atoms with Crippen molar-refractivity contribution in [2.45, 2.75) is 31.5 Å². The van der Waals surface area contributed by atoms with Gasteiger partial charge in [-0.15, -0.1) is 11.3 Å². The molecule has 6 rings (SSSR count). The Labute approximate surface area is 246 Å². The molecule has 1 saturated heterocycles. The number of likely N-dealkylation sites (tertiary alicyclic amines) is 1. The smallest absolute Gasteiger partial charge is 0.243 e. The number of hydrogen-bond acceptors (Lipinski definition) is 6. The first-order chi connectivity index (χ1) is 19.9. The molecule has 4 unspecified atom stereocenters. The van der Waals surface area contributed by atoms with E-state index in [1.165, 1.54) is 18.3 Å². The van der Waals surface area contributed by atoms with Gasteiger partial charge in [-0.1, -0.05) is 66.2 Å². The van der Waals surface area contributed by atoms with Gasteiger partial charge in [0.2, 0.25) is 18.6 Å². The van der Waals surface area contributed by atoms with Crippen molar-refractivity contribution < 1.29 is 23.9 Å². The summed E-state index contributed by atoms with van der Waals surface area (Å²) in [4.78, 5) is 44.0. The lowest BCUT2D eigenvalue weighted by Crippen LogP contribution is -2.47. The summed E-state index contributed by atoms with van der Waals surface area (Å²) >= 11 is 7.59. The van der Waals surface area contributed by atoms with E-state index < -0.39 is 23.9 Å². The summed E-state index contributed by atoms with van der Waals surface area (Å²) < 4.78 is 10.9. The number of carbonyl (C=O) groups is 3. The van der Waals surface area contributed by atoms with Crippen molar-refractivity contribution >= 4 is 40.5 Å². The predicted octanol–water partition coefficient (Wildman–Crippen LogP) is 6.00. The third-order valence-corrected chi connectivity index (χ3v) is 8.80. The predicted molar refractivity (Wildman–Crippen MR) is 156 cm³/mol. The Kier molecular flexibility index (Phi) is 7.51. The van der Waals surface area contributed by atoms with Crippen molar-refractivity contribution in [1.29, 1.82) is 0 Å². The molecule has 2 amide bonds. The quantitative estimate of drug-likeness (QED) is 0.268. The number of thiophene rings is 1. The minimum atomic E-state index is -0.943. The van der Waals surface area contributed by atoms with E-state index in [-0.39, 0.29) is 30.9 Å². The van der Waals surface area contributed by atoms with Crippen LogP contribution in [-0.4, -0.2) is 35.3 Å². The fraction of sp³-hybridized carbons (Fsp3) is 0.219. The van der Waals surface area contributed by atoms with E-state index in [4.69, 9.17) is 21.1 Å². The van der Waals surface area contributed by atoms with Gasteiger partial charge in [0.05, 0.1) is 16.8 Å². The van der Waals surface area contributed by atoms with Gasteiger partial charge in [-0.3, -0.25) is 14.4 Å². The third kappa shape index (κ3) is 5.21. The molecule has 3 heterocycles. The summed E-state index contributed by atoms with van der Waals surface area (Å²) in [5.41, 5.74) is 2.38. The highest BCUT2D eigenvalue weighted by Crippen LogP contribution is 2.51. The number of ether oxygens (including phenoxy) is 2. The van der Waals surface area contributed by atoms with Gasteiger partial charge in [0.1, 0.15) is 6.04 Å². The van der Waals surface area contributed by atoms with Gasteiger partial charge in [-0.2, -0.15) is 0 Å². The molecule has 1 fully saturated rings. The molecular weight excluding hydrogens is 560 g/mol. The molecule has 0 saturated carbocycles. The van der Waals surface area contributed by atoms with Crippen LogP contribution < -0.4 is 14.8 Å². The molecule has 4 aromatic rings. The van der Waals surface area contributed by atoms with E-state index in [2.05, 4.69) is 5.32 Å². The van der Waals surface area contributed by atoms with Gasteiger partial charge < -0.3 is 19.7 Å². The lowest BCUT2D eigenvalue weighted by atomic mass is 9.77. The van der Waals surface area contributed by atoms with Crippen LogP contribution in [0.3, 0.4) is 0 Å². The molecule has 0 spiro atoms. The number of rotatable bonds is 7. The highest BCUT2D eigenvalue weighted by Gasteiger charge is 2.56. The molecule has 1 aromatic heterocycles. The van der Waals surface area contributed by atoms with E-state index in [1.54, 1.807) is 29.2 Å². The van der Waals surface area contributed by atoms with Crippen LogP contribution in [0.2, 0.25) is 5.02 Å². The first kappa shape index (κ1) is 27.1. The number of amides is 2. The molecule has 3 aromatic carbocycles. The highest BCUT2D eigenvalue weighted by atomic mass is 35.5. The van der Waals surface area contributed by atoms with E-state index in [0.29, 0.717) is 21.4 Å². The average Bonchev–Trinajstić information content (AvgIpc) is 3.75. The Balaban J connectivity index is 1.44. The van der Waals surface area contributed by atoms with Crippen molar-refractivity contribution in [2.75, 3.05) is 6.79 Å². The van der Waals surface area contributed by atoms with Gasteiger partial charge in [-0.05, 0) is 52.4 Å². The molecule has 2 aliphatic rings.